The molecule has 0 aromatic heterocycles. The first-order valence-corrected chi connectivity index (χ1v) is 17.0. The molecule has 0 nitrogen and oxygen atoms in total. The minimum absolute atomic E-state index is 0. The van der Waals surface area contributed by atoms with E-state index in [2.05, 4.69) is 192 Å². The molecule has 3 heteroatoms. The Morgan fingerprint density at radius 2 is 1.17 bits per heavy atom. The molecule has 4 aromatic rings. The molecule has 0 fully saturated rings. The molecule has 1 unspecified atom stereocenters. The molecule has 2 aliphatic rings. The van der Waals surface area contributed by atoms with Gasteiger partial charge in [0.25, 0.3) is 0 Å². The van der Waals surface area contributed by atoms with Gasteiger partial charge in [-0.25, -0.2) is 6.08 Å². The number of rotatable bonds is 2. The maximum atomic E-state index is 3.53. The van der Waals surface area contributed by atoms with Crippen LogP contribution in [0.25, 0.3) is 11.1 Å². The Bertz CT molecular complexity index is 1570. The summed E-state index contributed by atoms with van der Waals surface area (Å²) in [4.78, 5) is 0. The van der Waals surface area contributed by atoms with E-state index in [9.17, 15) is 0 Å². The Kier molecular flexibility index (Phi) is 14.5. The van der Waals surface area contributed by atoms with Gasteiger partial charge in [0, 0.05) is 0 Å². The van der Waals surface area contributed by atoms with Crippen LogP contribution in [0.1, 0.15) is 103 Å². The van der Waals surface area contributed by atoms with Gasteiger partial charge in [0.2, 0.25) is 0 Å². The average Bonchev–Trinajstić information content (AvgIpc) is 3.60. The average molecular weight is 698 g/mol. The third-order valence-electron chi connectivity index (χ3n) is 8.45. The first-order valence-electron chi connectivity index (χ1n) is 16.2. The number of fused-ring (bicyclic) bond motifs is 3. The molecule has 0 saturated carbocycles. The Balaban J connectivity index is 0.000000258. The maximum absolute atomic E-state index is 3.53. The molecule has 6 rings (SSSR count). The number of benzene rings is 4. The van der Waals surface area contributed by atoms with Crippen LogP contribution in [-0.2, 0) is 37.2 Å². The van der Waals surface area contributed by atoms with E-state index >= 15 is 0 Å². The number of hydrogen-bond acceptors (Lipinski definition) is 0. The molecule has 0 radical (unpaired) electrons. The molecule has 0 N–H and O–H groups in total. The van der Waals surface area contributed by atoms with Crippen molar-refractivity contribution in [2.45, 2.75) is 86.5 Å². The molecule has 0 saturated heterocycles. The molecule has 246 valence electrons. The second-order valence-corrected chi connectivity index (χ2v) is 16.2. The standard InChI is InChI=1S/C21H25.C13H10.C10H15.2ClH.Ti/c1-20(2,3)16-9-7-14-11-15-8-10-17(21(4,5)6)13-19(15)18(14)12-16;1-3-7-12(8-4-1)11-13-9-5-2-6-10-13;1-8-5-6-9(7-8)10(2,3)4;;;/h7,9-10,12-13H,11H2,1-6H3;1-10H;6-8H,1-4H3;2*1H;/q-1;;-1;;;+2/p-2. The van der Waals surface area contributed by atoms with Gasteiger partial charge in [-0.2, -0.15) is 41.0 Å². The van der Waals surface area contributed by atoms with Gasteiger partial charge in [-0.15, -0.1) is 5.56 Å². The number of allylic oxidation sites excluding steroid dienone is 4. The van der Waals surface area contributed by atoms with E-state index in [0.29, 0.717) is 11.3 Å². The van der Waals surface area contributed by atoms with Gasteiger partial charge < -0.3 is 24.8 Å². The van der Waals surface area contributed by atoms with E-state index in [4.69, 9.17) is 0 Å². The van der Waals surface area contributed by atoms with Crippen LogP contribution in [0.2, 0.25) is 0 Å². The topological polar surface area (TPSA) is 0 Å². The third kappa shape index (κ3) is 11.0. The van der Waals surface area contributed by atoms with Gasteiger partial charge in [-0.05, 0) is 17.4 Å². The third-order valence-corrected chi connectivity index (χ3v) is 9.35. The molecule has 0 amide bonds. The van der Waals surface area contributed by atoms with Gasteiger partial charge in [0.1, 0.15) is 0 Å². The van der Waals surface area contributed by atoms with Crippen molar-refractivity contribution in [2.24, 2.45) is 11.3 Å². The first-order chi connectivity index (χ1) is 21.0. The number of halogens is 2. The quantitative estimate of drug-likeness (QED) is 0.171. The van der Waals surface area contributed by atoms with Crippen LogP contribution >= 0.6 is 0 Å². The zero-order chi connectivity index (χ0) is 33.0. The van der Waals surface area contributed by atoms with Crippen molar-refractivity contribution in [3.63, 3.8) is 0 Å². The molecule has 0 spiro atoms. The van der Waals surface area contributed by atoms with Crippen LogP contribution in [-0.4, -0.2) is 3.81 Å². The van der Waals surface area contributed by atoms with Gasteiger partial charge in [0.05, 0.1) is 0 Å². The second-order valence-electron chi connectivity index (χ2n) is 15.4. The van der Waals surface area contributed by atoms with Crippen molar-refractivity contribution >= 4 is 3.81 Å². The zero-order valence-corrected chi connectivity index (χ0v) is 32.9. The van der Waals surface area contributed by atoms with Crippen molar-refractivity contribution < 1.29 is 44.8 Å². The van der Waals surface area contributed by atoms with Crippen molar-refractivity contribution in [3.8, 4) is 11.1 Å². The molecule has 47 heavy (non-hydrogen) atoms. The molecule has 1 atom stereocenters. The second kappa shape index (κ2) is 16.8. The van der Waals surface area contributed by atoms with E-state index in [0.717, 1.165) is 6.42 Å². The Labute approximate surface area is 309 Å². The van der Waals surface area contributed by atoms with Crippen LogP contribution < -0.4 is 24.8 Å². The summed E-state index contributed by atoms with van der Waals surface area (Å²) in [6.45, 7) is 22.5. The normalized spacial score (nSPS) is 14.6. The Morgan fingerprint density at radius 3 is 1.60 bits per heavy atom. The predicted octanol–water partition coefficient (Wildman–Crippen LogP) is 5.43. The molecule has 0 bridgehead atoms. The molecule has 0 aliphatic heterocycles. The summed E-state index contributed by atoms with van der Waals surface area (Å²) in [5.74, 6) is 0.522. The molecular weight excluding hydrogens is 647 g/mol. The van der Waals surface area contributed by atoms with Crippen molar-refractivity contribution in [3.05, 3.63) is 154 Å². The first kappa shape index (κ1) is 40.7. The van der Waals surface area contributed by atoms with E-state index in [1.165, 1.54) is 53.9 Å². The fraction of sp³-hybridized carbons (Fsp3) is 0.341. The van der Waals surface area contributed by atoms with Crippen LogP contribution in [0.5, 0.6) is 0 Å². The van der Waals surface area contributed by atoms with Crippen LogP contribution in [0.4, 0.5) is 0 Å². The van der Waals surface area contributed by atoms with E-state index < -0.39 is 0 Å². The summed E-state index contributed by atoms with van der Waals surface area (Å²) < 4.78 is 1.33. The monoisotopic (exact) mass is 696 g/mol. The van der Waals surface area contributed by atoms with Gasteiger partial charge in [-0.3, -0.25) is 6.08 Å². The molecule has 0 heterocycles. The minimum atomic E-state index is 0. The van der Waals surface area contributed by atoms with E-state index in [-0.39, 0.29) is 35.6 Å². The molecule has 2 aliphatic carbocycles. The van der Waals surface area contributed by atoms with Gasteiger partial charge in [0.15, 0.2) is 0 Å². The van der Waals surface area contributed by atoms with Gasteiger partial charge in [-0.1, -0.05) is 115 Å². The fourth-order valence-electron chi connectivity index (χ4n) is 5.41. The van der Waals surface area contributed by atoms with Crippen molar-refractivity contribution in [1.29, 1.82) is 0 Å². The van der Waals surface area contributed by atoms with Crippen LogP contribution in [0.3, 0.4) is 0 Å². The summed E-state index contributed by atoms with van der Waals surface area (Å²) in [6.07, 6.45) is 8.68. The molecular formula is C44H50Cl2Ti-2. The summed E-state index contributed by atoms with van der Waals surface area (Å²) >= 11 is 2.16. The molecule has 4 aromatic carbocycles. The Morgan fingerprint density at radius 1 is 0.660 bits per heavy atom. The van der Waals surface area contributed by atoms with Crippen molar-refractivity contribution in [1.82, 2.24) is 0 Å². The zero-order valence-electron chi connectivity index (χ0n) is 29.9. The van der Waals surface area contributed by atoms with Crippen molar-refractivity contribution in [2.75, 3.05) is 0 Å². The van der Waals surface area contributed by atoms with E-state index in [1.807, 2.05) is 12.1 Å². The summed E-state index contributed by atoms with van der Waals surface area (Å²) in [7, 11) is 0. The summed E-state index contributed by atoms with van der Waals surface area (Å²) in [6, 6.07) is 36.0. The predicted molar refractivity (Wildman–Crippen MR) is 192 cm³/mol. The Hall–Kier alpha value is -2.48. The summed E-state index contributed by atoms with van der Waals surface area (Å²) in [5, 5.41) is 0. The van der Waals surface area contributed by atoms with Crippen LogP contribution in [0.15, 0.2) is 109 Å². The van der Waals surface area contributed by atoms with E-state index in [1.54, 1.807) is 0 Å². The van der Waals surface area contributed by atoms with Crippen LogP contribution in [0, 0.1) is 23.5 Å². The summed E-state index contributed by atoms with van der Waals surface area (Å²) in [5.41, 5.74) is 13.1. The fourth-order valence-corrected chi connectivity index (χ4v) is 5.93. The SMILES string of the molecule is CC(C)(C)c1c[c-]c2c(c1)-c1cc(C(C)(C)C)ccc1C2.CC1[C-]=CC(C(C)(C)C)=C1.[Cl-].[Cl-].[Ti+2]=[C](c1ccccc1)c1ccccc1. The number of hydrogen-bond donors (Lipinski definition) is 0. The van der Waals surface area contributed by atoms with Gasteiger partial charge >= 0.3 is 95.6 Å².